The van der Waals surface area contributed by atoms with Crippen molar-refractivity contribution in [1.82, 2.24) is 14.2 Å². The second-order valence-electron chi connectivity index (χ2n) is 7.42. The average Bonchev–Trinajstić information content (AvgIpc) is 3.03. The molecule has 0 spiro atoms. The molecule has 2 heterocycles. The zero-order valence-corrected chi connectivity index (χ0v) is 17.0. The number of hydrogen-bond donors (Lipinski definition) is 1. The lowest BCUT2D eigenvalue weighted by Crippen LogP contribution is -2.35. The van der Waals surface area contributed by atoms with Gasteiger partial charge in [0.05, 0.1) is 4.90 Å². The summed E-state index contributed by atoms with van der Waals surface area (Å²) >= 11 is 0. The van der Waals surface area contributed by atoms with Gasteiger partial charge in [0.15, 0.2) is 0 Å². The van der Waals surface area contributed by atoms with Gasteiger partial charge in [0, 0.05) is 61.3 Å². The molecule has 4 rings (SSSR count). The van der Waals surface area contributed by atoms with Crippen LogP contribution in [0.4, 0.5) is 0 Å². The Kier molecular flexibility index (Phi) is 4.51. The molecule has 0 atom stereocenters. The van der Waals surface area contributed by atoms with Crippen LogP contribution < -0.4 is 0 Å². The molecule has 1 aliphatic rings. The minimum atomic E-state index is -3.50. The quantitative estimate of drug-likeness (QED) is 0.739. The second-order valence-corrected chi connectivity index (χ2v) is 9.57. The Morgan fingerprint density at radius 3 is 2.50 bits per heavy atom. The van der Waals surface area contributed by atoms with Crippen LogP contribution in [0.25, 0.3) is 10.9 Å². The van der Waals surface area contributed by atoms with Crippen LogP contribution in [0.15, 0.2) is 47.4 Å². The molecule has 1 N–H and O–H groups in total. The van der Waals surface area contributed by atoms with Gasteiger partial charge in [-0.05, 0) is 42.8 Å². The fourth-order valence-electron chi connectivity index (χ4n) is 3.67. The molecule has 1 amide bonds. The molecule has 146 valence electrons. The highest BCUT2D eigenvalue weighted by atomic mass is 32.2. The summed E-state index contributed by atoms with van der Waals surface area (Å²) in [6.07, 6.45) is 0.780. The van der Waals surface area contributed by atoms with Crippen molar-refractivity contribution in [2.75, 3.05) is 20.6 Å². The van der Waals surface area contributed by atoms with E-state index in [1.165, 1.54) is 43.0 Å². The van der Waals surface area contributed by atoms with Crippen molar-refractivity contribution >= 4 is 26.8 Å². The highest BCUT2D eigenvalue weighted by Crippen LogP contribution is 2.29. The number of sulfonamides is 1. The molecule has 0 saturated heterocycles. The molecule has 7 heteroatoms. The van der Waals surface area contributed by atoms with Crippen LogP contribution >= 0.6 is 0 Å². The number of nitrogens with zero attached hydrogens (tertiary/aromatic N) is 2. The molecule has 28 heavy (non-hydrogen) atoms. The SMILES string of the molecule is Cc1ccc2c3c([nH]c2c1)CCN(C(=O)c1ccc(S(=O)(=O)N(C)C)cc1)C3. The molecule has 0 unspecified atom stereocenters. The number of carbonyl (C=O) groups excluding carboxylic acids is 1. The zero-order valence-electron chi connectivity index (χ0n) is 16.2. The maximum absolute atomic E-state index is 13.0. The molecule has 0 aliphatic carbocycles. The van der Waals surface area contributed by atoms with Crippen LogP contribution in [-0.4, -0.2) is 49.2 Å². The lowest BCUT2D eigenvalue weighted by molar-refractivity contribution is 0.0735. The Morgan fingerprint density at radius 2 is 1.82 bits per heavy atom. The molecule has 0 radical (unpaired) electrons. The molecule has 1 aliphatic heterocycles. The highest BCUT2D eigenvalue weighted by molar-refractivity contribution is 7.89. The molecule has 1 aromatic heterocycles. The molecule has 2 aromatic carbocycles. The van der Waals surface area contributed by atoms with Gasteiger partial charge in [0.1, 0.15) is 0 Å². The number of nitrogens with one attached hydrogen (secondary N) is 1. The summed E-state index contributed by atoms with van der Waals surface area (Å²) in [5, 5.41) is 1.16. The third-order valence-electron chi connectivity index (χ3n) is 5.30. The summed E-state index contributed by atoms with van der Waals surface area (Å²) < 4.78 is 25.6. The summed E-state index contributed by atoms with van der Waals surface area (Å²) in [7, 11) is -0.523. The van der Waals surface area contributed by atoms with Crippen molar-refractivity contribution in [2.24, 2.45) is 0 Å². The third kappa shape index (κ3) is 3.10. The van der Waals surface area contributed by atoms with E-state index in [0.29, 0.717) is 18.7 Å². The zero-order chi connectivity index (χ0) is 20.1. The smallest absolute Gasteiger partial charge is 0.254 e. The van der Waals surface area contributed by atoms with Gasteiger partial charge < -0.3 is 9.88 Å². The van der Waals surface area contributed by atoms with E-state index in [4.69, 9.17) is 0 Å². The van der Waals surface area contributed by atoms with Gasteiger partial charge in [0.2, 0.25) is 10.0 Å². The van der Waals surface area contributed by atoms with Crippen LogP contribution in [0.1, 0.15) is 27.2 Å². The number of aromatic nitrogens is 1. The molecule has 0 fully saturated rings. The van der Waals surface area contributed by atoms with Crippen molar-refractivity contribution in [1.29, 1.82) is 0 Å². The van der Waals surface area contributed by atoms with Crippen molar-refractivity contribution in [3.63, 3.8) is 0 Å². The molecule has 3 aromatic rings. The van der Waals surface area contributed by atoms with E-state index in [0.717, 1.165) is 21.6 Å². The van der Waals surface area contributed by atoms with Crippen molar-refractivity contribution in [3.05, 3.63) is 64.8 Å². The fraction of sp³-hybridized carbons (Fsp3) is 0.286. The lowest BCUT2D eigenvalue weighted by atomic mass is 10.0. The van der Waals surface area contributed by atoms with Gasteiger partial charge in [0.25, 0.3) is 5.91 Å². The number of H-pyrrole nitrogens is 1. The average molecular weight is 398 g/mol. The first kappa shape index (κ1) is 18.7. The topological polar surface area (TPSA) is 73.5 Å². The van der Waals surface area contributed by atoms with E-state index in [9.17, 15) is 13.2 Å². The van der Waals surface area contributed by atoms with Crippen LogP contribution in [0.5, 0.6) is 0 Å². The van der Waals surface area contributed by atoms with Crippen LogP contribution in [0, 0.1) is 6.92 Å². The van der Waals surface area contributed by atoms with Crippen molar-refractivity contribution < 1.29 is 13.2 Å². The van der Waals surface area contributed by atoms with Crippen LogP contribution in [0.2, 0.25) is 0 Å². The first-order valence-electron chi connectivity index (χ1n) is 9.19. The largest absolute Gasteiger partial charge is 0.358 e. The van der Waals surface area contributed by atoms with Gasteiger partial charge in [-0.25, -0.2) is 12.7 Å². The number of carbonyl (C=O) groups is 1. The van der Waals surface area contributed by atoms with E-state index in [1.807, 2.05) is 4.90 Å². The molecule has 6 nitrogen and oxygen atoms in total. The summed E-state index contributed by atoms with van der Waals surface area (Å²) in [6.45, 7) is 3.25. The number of hydrogen-bond acceptors (Lipinski definition) is 3. The first-order chi connectivity index (χ1) is 13.3. The minimum absolute atomic E-state index is 0.0825. The molecule has 0 bridgehead atoms. The third-order valence-corrected chi connectivity index (χ3v) is 7.13. The molecule has 0 saturated carbocycles. The predicted octanol–water partition coefficient (Wildman–Crippen LogP) is 2.93. The maximum atomic E-state index is 13.0. The van der Waals surface area contributed by atoms with E-state index >= 15 is 0 Å². The van der Waals surface area contributed by atoms with Crippen LogP contribution in [0.3, 0.4) is 0 Å². The second kappa shape index (κ2) is 6.76. The summed E-state index contributed by atoms with van der Waals surface area (Å²) in [5.74, 6) is -0.0825. The van der Waals surface area contributed by atoms with Gasteiger partial charge >= 0.3 is 0 Å². The van der Waals surface area contributed by atoms with E-state index in [1.54, 1.807) is 12.1 Å². The summed E-state index contributed by atoms with van der Waals surface area (Å²) in [4.78, 5) is 18.5. The lowest BCUT2D eigenvalue weighted by Gasteiger charge is -2.27. The first-order valence-corrected chi connectivity index (χ1v) is 10.6. The number of amides is 1. The Bertz CT molecular complexity index is 1160. The van der Waals surface area contributed by atoms with Crippen LogP contribution in [-0.2, 0) is 23.0 Å². The number of aryl methyl sites for hydroxylation is 1. The predicted molar refractivity (Wildman–Crippen MR) is 109 cm³/mol. The number of rotatable bonds is 3. The Labute approximate surface area is 164 Å². The molecular weight excluding hydrogens is 374 g/mol. The van der Waals surface area contributed by atoms with Gasteiger partial charge in [-0.1, -0.05) is 12.1 Å². The monoisotopic (exact) mass is 397 g/mol. The molecular formula is C21H23N3O3S. The van der Waals surface area contributed by atoms with Gasteiger partial charge in [-0.15, -0.1) is 0 Å². The fourth-order valence-corrected chi connectivity index (χ4v) is 4.57. The van der Waals surface area contributed by atoms with Gasteiger partial charge in [-0.2, -0.15) is 0 Å². The normalized spacial score (nSPS) is 14.5. The minimum Gasteiger partial charge on any atom is -0.358 e. The Balaban J connectivity index is 1.59. The van der Waals surface area contributed by atoms with Gasteiger partial charge in [-0.3, -0.25) is 4.79 Å². The summed E-state index contributed by atoms with van der Waals surface area (Å²) in [5.41, 5.74) is 5.17. The summed E-state index contributed by atoms with van der Waals surface area (Å²) in [6, 6.07) is 12.5. The Hall–Kier alpha value is -2.64. The number of aromatic amines is 1. The Morgan fingerprint density at radius 1 is 1.11 bits per heavy atom. The van der Waals surface area contributed by atoms with Crippen molar-refractivity contribution in [2.45, 2.75) is 24.8 Å². The highest BCUT2D eigenvalue weighted by Gasteiger charge is 2.25. The van der Waals surface area contributed by atoms with E-state index in [-0.39, 0.29) is 10.8 Å². The maximum Gasteiger partial charge on any atom is 0.254 e. The number of fused-ring (bicyclic) bond motifs is 3. The number of benzene rings is 2. The standard InChI is InChI=1S/C21H23N3O3S/c1-14-4-9-17-18-13-24(11-10-19(18)22-20(17)12-14)21(25)15-5-7-16(8-6-15)28(26,27)23(2)3/h4-9,12,22H,10-11,13H2,1-3H3. The van der Waals surface area contributed by atoms with E-state index < -0.39 is 10.0 Å². The van der Waals surface area contributed by atoms with Crippen molar-refractivity contribution in [3.8, 4) is 0 Å². The van der Waals surface area contributed by atoms with E-state index in [2.05, 4.69) is 30.1 Å².